The molecule has 0 radical (unpaired) electrons. The molecule has 0 unspecified atom stereocenters. The SMILES string of the molecule is CCn1nnc2cc(C(=O)NCCN3CCOCC3)ccc21. The Labute approximate surface area is 129 Å². The van der Waals surface area contributed by atoms with E-state index in [1.54, 1.807) is 6.07 Å². The number of nitrogens with one attached hydrogen (secondary N) is 1. The van der Waals surface area contributed by atoms with Gasteiger partial charge in [0, 0.05) is 38.3 Å². The van der Waals surface area contributed by atoms with Crippen LogP contribution >= 0.6 is 0 Å². The number of nitrogens with zero attached hydrogens (tertiary/aromatic N) is 4. The summed E-state index contributed by atoms with van der Waals surface area (Å²) in [5, 5.41) is 11.1. The zero-order chi connectivity index (χ0) is 15.4. The number of hydrogen-bond acceptors (Lipinski definition) is 5. The monoisotopic (exact) mass is 303 g/mol. The molecule has 7 heteroatoms. The summed E-state index contributed by atoms with van der Waals surface area (Å²) in [6, 6.07) is 5.51. The molecule has 1 aliphatic rings. The largest absolute Gasteiger partial charge is 0.379 e. The summed E-state index contributed by atoms with van der Waals surface area (Å²) in [7, 11) is 0. The fourth-order valence-electron chi connectivity index (χ4n) is 2.60. The number of aryl methyl sites for hydroxylation is 1. The van der Waals surface area contributed by atoms with Gasteiger partial charge in [-0.25, -0.2) is 4.68 Å². The molecule has 7 nitrogen and oxygen atoms in total. The van der Waals surface area contributed by atoms with Gasteiger partial charge in [-0.2, -0.15) is 0 Å². The van der Waals surface area contributed by atoms with E-state index in [1.807, 2.05) is 23.7 Å². The molecule has 0 saturated carbocycles. The molecule has 0 atom stereocenters. The molecule has 22 heavy (non-hydrogen) atoms. The molecule has 1 aromatic carbocycles. The fraction of sp³-hybridized carbons (Fsp3) is 0.533. The van der Waals surface area contributed by atoms with Crippen LogP contribution in [0, 0.1) is 0 Å². The van der Waals surface area contributed by atoms with Crippen LogP contribution < -0.4 is 5.32 Å². The number of morpholine rings is 1. The number of amides is 1. The van der Waals surface area contributed by atoms with E-state index in [0.717, 1.165) is 50.4 Å². The molecule has 3 rings (SSSR count). The van der Waals surface area contributed by atoms with Gasteiger partial charge in [-0.05, 0) is 25.1 Å². The molecule has 0 aliphatic carbocycles. The van der Waals surface area contributed by atoms with Gasteiger partial charge in [-0.3, -0.25) is 9.69 Å². The first-order valence-corrected chi connectivity index (χ1v) is 7.69. The molecule has 118 valence electrons. The van der Waals surface area contributed by atoms with Crippen LogP contribution in [0.3, 0.4) is 0 Å². The van der Waals surface area contributed by atoms with Crippen molar-refractivity contribution >= 4 is 16.9 Å². The fourth-order valence-corrected chi connectivity index (χ4v) is 2.60. The molecule has 1 saturated heterocycles. The van der Waals surface area contributed by atoms with Crippen LogP contribution in [0.1, 0.15) is 17.3 Å². The van der Waals surface area contributed by atoms with Gasteiger partial charge >= 0.3 is 0 Å². The normalized spacial score (nSPS) is 16.0. The number of fused-ring (bicyclic) bond motifs is 1. The van der Waals surface area contributed by atoms with Gasteiger partial charge in [0.15, 0.2) is 0 Å². The summed E-state index contributed by atoms with van der Waals surface area (Å²) in [4.78, 5) is 14.5. The van der Waals surface area contributed by atoms with Crippen molar-refractivity contribution in [3.8, 4) is 0 Å². The summed E-state index contributed by atoms with van der Waals surface area (Å²) >= 11 is 0. The van der Waals surface area contributed by atoms with E-state index in [4.69, 9.17) is 4.74 Å². The third-order valence-electron chi connectivity index (χ3n) is 3.89. The molecule has 2 aromatic rings. The van der Waals surface area contributed by atoms with Gasteiger partial charge in [0.2, 0.25) is 0 Å². The van der Waals surface area contributed by atoms with Gasteiger partial charge in [-0.1, -0.05) is 5.21 Å². The average Bonchev–Trinajstić information content (AvgIpc) is 2.98. The van der Waals surface area contributed by atoms with Crippen molar-refractivity contribution in [3.05, 3.63) is 23.8 Å². The zero-order valence-electron chi connectivity index (χ0n) is 12.8. The molecule has 1 aliphatic heterocycles. The molecule has 1 fully saturated rings. The van der Waals surface area contributed by atoms with Crippen molar-refractivity contribution in [2.45, 2.75) is 13.5 Å². The van der Waals surface area contributed by atoms with Crippen molar-refractivity contribution < 1.29 is 9.53 Å². The van der Waals surface area contributed by atoms with E-state index in [1.165, 1.54) is 0 Å². The molecule has 1 aromatic heterocycles. The third kappa shape index (κ3) is 3.26. The minimum absolute atomic E-state index is 0.0683. The van der Waals surface area contributed by atoms with E-state index < -0.39 is 0 Å². The highest BCUT2D eigenvalue weighted by Crippen LogP contribution is 2.13. The second kappa shape index (κ2) is 6.85. The molecular formula is C15H21N5O2. The van der Waals surface area contributed by atoms with Crippen LogP contribution in [0.25, 0.3) is 11.0 Å². The Bertz CT molecular complexity index is 648. The molecule has 1 amide bonds. The van der Waals surface area contributed by atoms with E-state index >= 15 is 0 Å². The summed E-state index contributed by atoms with van der Waals surface area (Å²) in [6.07, 6.45) is 0. The first-order chi connectivity index (χ1) is 10.8. The van der Waals surface area contributed by atoms with Crippen molar-refractivity contribution in [2.24, 2.45) is 0 Å². The number of aromatic nitrogens is 3. The summed E-state index contributed by atoms with van der Waals surface area (Å²) < 4.78 is 7.12. The lowest BCUT2D eigenvalue weighted by atomic mass is 10.2. The smallest absolute Gasteiger partial charge is 0.251 e. The number of carbonyl (C=O) groups is 1. The van der Waals surface area contributed by atoms with E-state index in [2.05, 4.69) is 20.5 Å². The standard InChI is InChI=1S/C15H21N5O2/c1-2-20-14-4-3-12(11-13(14)17-18-20)15(21)16-5-6-19-7-9-22-10-8-19/h3-4,11H,2,5-10H2,1H3,(H,16,21). The highest BCUT2D eigenvalue weighted by Gasteiger charge is 2.12. The van der Waals surface area contributed by atoms with Gasteiger partial charge in [0.25, 0.3) is 5.91 Å². The Balaban J connectivity index is 1.57. The second-order valence-corrected chi connectivity index (χ2v) is 5.32. The highest BCUT2D eigenvalue weighted by molar-refractivity contribution is 5.97. The van der Waals surface area contributed by atoms with E-state index in [-0.39, 0.29) is 5.91 Å². The van der Waals surface area contributed by atoms with Crippen molar-refractivity contribution in [1.29, 1.82) is 0 Å². The maximum absolute atomic E-state index is 12.2. The quantitative estimate of drug-likeness (QED) is 0.871. The number of rotatable bonds is 5. The first-order valence-electron chi connectivity index (χ1n) is 7.69. The summed E-state index contributed by atoms with van der Waals surface area (Å²) in [5.41, 5.74) is 2.33. The van der Waals surface area contributed by atoms with Crippen LogP contribution in [-0.2, 0) is 11.3 Å². The Kier molecular flexibility index (Phi) is 4.65. The Morgan fingerprint density at radius 1 is 1.36 bits per heavy atom. The topological polar surface area (TPSA) is 72.3 Å². The van der Waals surface area contributed by atoms with Crippen molar-refractivity contribution in [3.63, 3.8) is 0 Å². The number of ether oxygens (including phenoxy) is 1. The molecule has 0 spiro atoms. The minimum atomic E-state index is -0.0683. The Morgan fingerprint density at radius 2 is 2.18 bits per heavy atom. The number of benzene rings is 1. The van der Waals surface area contributed by atoms with Crippen LogP contribution in [0.4, 0.5) is 0 Å². The van der Waals surface area contributed by atoms with Gasteiger partial charge in [0.05, 0.1) is 18.7 Å². The second-order valence-electron chi connectivity index (χ2n) is 5.32. The molecule has 2 heterocycles. The van der Waals surface area contributed by atoms with Crippen LogP contribution in [0.5, 0.6) is 0 Å². The summed E-state index contributed by atoms with van der Waals surface area (Å²) in [6.45, 7) is 7.68. The minimum Gasteiger partial charge on any atom is -0.379 e. The lowest BCUT2D eigenvalue weighted by Crippen LogP contribution is -2.41. The van der Waals surface area contributed by atoms with E-state index in [0.29, 0.717) is 12.1 Å². The maximum Gasteiger partial charge on any atom is 0.251 e. The van der Waals surface area contributed by atoms with Crippen molar-refractivity contribution in [2.75, 3.05) is 39.4 Å². The molecular weight excluding hydrogens is 282 g/mol. The predicted molar refractivity (Wildman–Crippen MR) is 82.8 cm³/mol. The van der Waals surface area contributed by atoms with E-state index in [9.17, 15) is 4.79 Å². The number of carbonyl (C=O) groups excluding carboxylic acids is 1. The molecule has 0 bridgehead atoms. The van der Waals surface area contributed by atoms with Crippen LogP contribution in [-0.4, -0.2) is 65.2 Å². The van der Waals surface area contributed by atoms with Crippen LogP contribution in [0.2, 0.25) is 0 Å². The van der Waals surface area contributed by atoms with Gasteiger partial charge in [0.1, 0.15) is 5.52 Å². The van der Waals surface area contributed by atoms with Crippen LogP contribution in [0.15, 0.2) is 18.2 Å². The first kappa shape index (κ1) is 14.9. The molecule has 1 N–H and O–H groups in total. The maximum atomic E-state index is 12.2. The Hall–Kier alpha value is -1.99. The average molecular weight is 303 g/mol. The lowest BCUT2D eigenvalue weighted by molar-refractivity contribution is 0.0383. The van der Waals surface area contributed by atoms with Gasteiger partial charge < -0.3 is 10.1 Å². The summed E-state index contributed by atoms with van der Waals surface area (Å²) in [5.74, 6) is -0.0683. The highest BCUT2D eigenvalue weighted by atomic mass is 16.5. The third-order valence-corrected chi connectivity index (χ3v) is 3.89. The zero-order valence-corrected chi connectivity index (χ0v) is 12.8. The predicted octanol–water partition coefficient (Wildman–Crippen LogP) is 0.513. The lowest BCUT2D eigenvalue weighted by Gasteiger charge is -2.26. The van der Waals surface area contributed by atoms with Gasteiger partial charge in [-0.15, -0.1) is 5.10 Å². The van der Waals surface area contributed by atoms with Crippen molar-refractivity contribution in [1.82, 2.24) is 25.2 Å². The number of hydrogen-bond donors (Lipinski definition) is 1. The Morgan fingerprint density at radius 3 is 2.95 bits per heavy atom.